The summed E-state index contributed by atoms with van der Waals surface area (Å²) >= 11 is 1.36. The molecule has 0 N–H and O–H groups in total. The van der Waals surface area contributed by atoms with Crippen LogP contribution in [0.4, 0.5) is 0 Å². The van der Waals surface area contributed by atoms with Crippen LogP contribution in [0, 0.1) is 0 Å². The summed E-state index contributed by atoms with van der Waals surface area (Å²) in [5.74, 6) is 0.827. The van der Waals surface area contributed by atoms with E-state index in [0.29, 0.717) is 29.5 Å². The molecular weight excluding hydrogens is 400 g/mol. The van der Waals surface area contributed by atoms with Crippen LogP contribution in [0.3, 0.4) is 0 Å². The summed E-state index contributed by atoms with van der Waals surface area (Å²) in [6, 6.07) is 9.73. The predicted molar refractivity (Wildman–Crippen MR) is 106 cm³/mol. The van der Waals surface area contributed by atoms with Crippen molar-refractivity contribution < 1.29 is 22.7 Å². The number of thiazole rings is 1. The number of benzene rings is 2. The first-order valence-corrected chi connectivity index (χ1v) is 11.2. The molecule has 0 aliphatic carbocycles. The van der Waals surface area contributed by atoms with Crippen molar-refractivity contribution in [1.82, 2.24) is 4.57 Å². The highest BCUT2D eigenvalue weighted by Crippen LogP contribution is 2.35. The Balaban J connectivity index is 1.77. The molecule has 0 spiro atoms. The molecule has 0 fully saturated rings. The Bertz CT molecular complexity index is 1260. The van der Waals surface area contributed by atoms with E-state index < -0.39 is 15.7 Å². The van der Waals surface area contributed by atoms with Crippen molar-refractivity contribution in [2.75, 3.05) is 19.0 Å². The molecule has 2 heterocycles. The fourth-order valence-electron chi connectivity index (χ4n) is 2.91. The SMILES string of the molecule is CCS(=O)(=O)c1cccc(C(=O)N=c2sc3cc4c(cc3n2C)OCCO4)c1. The van der Waals surface area contributed by atoms with Gasteiger partial charge in [0, 0.05) is 24.7 Å². The molecule has 1 aliphatic heterocycles. The quantitative estimate of drug-likeness (QED) is 0.652. The van der Waals surface area contributed by atoms with Crippen molar-refractivity contribution in [3.8, 4) is 11.5 Å². The lowest BCUT2D eigenvalue weighted by Gasteiger charge is -2.18. The zero-order chi connectivity index (χ0) is 19.9. The molecule has 0 bridgehead atoms. The van der Waals surface area contributed by atoms with Crippen LogP contribution >= 0.6 is 11.3 Å². The molecule has 0 saturated heterocycles. The second-order valence-electron chi connectivity index (χ2n) is 6.26. The van der Waals surface area contributed by atoms with Gasteiger partial charge in [0.15, 0.2) is 26.1 Å². The van der Waals surface area contributed by atoms with E-state index in [1.165, 1.54) is 23.5 Å². The van der Waals surface area contributed by atoms with Gasteiger partial charge in [0.25, 0.3) is 5.91 Å². The van der Waals surface area contributed by atoms with Gasteiger partial charge in [-0.2, -0.15) is 4.99 Å². The molecule has 3 aromatic rings. The Kier molecular flexibility index (Phi) is 4.72. The smallest absolute Gasteiger partial charge is 0.279 e. The molecule has 2 aromatic carbocycles. The standard InChI is InChI=1S/C19H18N2O5S2/c1-3-28(23,24)13-6-4-5-12(9-13)18(22)20-19-21(2)14-10-15-16(11-17(14)27-19)26-8-7-25-15/h4-6,9-11H,3,7-8H2,1-2H3. The molecule has 0 unspecified atom stereocenters. The zero-order valence-electron chi connectivity index (χ0n) is 15.3. The molecule has 0 saturated carbocycles. The van der Waals surface area contributed by atoms with Crippen molar-refractivity contribution in [3.05, 3.63) is 46.8 Å². The molecule has 4 rings (SSSR count). The molecule has 146 valence electrons. The minimum atomic E-state index is -3.39. The molecule has 1 aliphatic rings. The van der Waals surface area contributed by atoms with E-state index in [1.54, 1.807) is 19.1 Å². The summed E-state index contributed by atoms with van der Waals surface area (Å²) in [6.07, 6.45) is 0. The third-order valence-electron chi connectivity index (χ3n) is 4.49. The van der Waals surface area contributed by atoms with Gasteiger partial charge in [-0.05, 0) is 18.2 Å². The lowest BCUT2D eigenvalue weighted by atomic mass is 10.2. The van der Waals surface area contributed by atoms with Crippen molar-refractivity contribution in [2.24, 2.45) is 12.0 Å². The number of hydrogen-bond donors (Lipinski definition) is 0. The number of amides is 1. The topological polar surface area (TPSA) is 87.0 Å². The van der Waals surface area contributed by atoms with Crippen LogP contribution in [0.15, 0.2) is 46.3 Å². The van der Waals surface area contributed by atoms with Gasteiger partial charge < -0.3 is 14.0 Å². The predicted octanol–water partition coefficient (Wildman–Crippen LogP) is 2.55. The number of ether oxygens (including phenoxy) is 2. The summed E-state index contributed by atoms with van der Waals surface area (Å²) < 4.78 is 38.1. The van der Waals surface area contributed by atoms with Crippen molar-refractivity contribution in [2.45, 2.75) is 11.8 Å². The van der Waals surface area contributed by atoms with Gasteiger partial charge in [-0.25, -0.2) is 8.42 Å². The normalized spacial score (nSPS) is 14.4. The number of carbonyl (C=O) groups is 1. The van der Waals surface area contributed by atoms with Gasteiger partial charge in [-0.1, -0.05) is 24.3 Å². The molecule has 9 heteroatoms. The first-order chi connectivity index (χ1) is 13.4. The number of rotatable bonds is 3. The molecule has 28 heavy (non-hydrogen) atoms. The van der Waals surface area contributed by atoms with E-state index >= 15 is 0 Å². The van der Waals surface area contributed by atoms with Gasteiger partial charge in [0.1, 0.15) is 13.2 Å². The van der Waals surface area contributed by atoms with Crippen molar-refractivity contribution >= 4 is 37.3 Å². The maximum atomic E-state index is 12.6. The monoisotopic (exact) mass is 418 g/mol. The fraction of sp³-hybridized carbons (Fsp3) is 0.263. The molecule has 1 amide bonds. The Labute approximate surface area is 165 Å². The van der Waals surface area contributed by atoms with Crippen LogP contribution in [0.5, 0.6) is 11.5 Å². The van der Waals surface area contributed by atoms with Crippen molar-refractivity contribution in [1.29, 1.82) is 0 Å². The second-order valence-corrected chi connectivity index (χ2v) is 9.54. The Morgan fingerprint density at radius 3 is 2.61 bits per heavy atom. The molecule has 0 atom stereocenters. The third-order valence-corrected chi connectivity index (χ3v) is 7.32. The van der Waals surface area contributed by atoms with Gasteiger partial charge in [0.2, 0.25) is 0 Å². The summed E-state index contributed by atoms with van der Waals surface area (Å²) in [5.41, 5.74) is 1.11. The van der Waals surface area contributed by atoms with E-state index in [-0.39, 0.29) is 16.2 Å². The molecule has 7 nitrogen and oxygen atoms in total. The zero-order valence-corrected chi connectivity index (χ0v) is 17.0. The van der Waals surface area contributed by atoms with E-state index in [9.17, 15) is 13.2 Å². The minimum absolute atomic E-state index is 0.0259. The maximum absolute atomic E-state index is 12.6. The number of hydrogen-bond acceptors (Lipinski definition) is 6. The summed E-state index contributed by atoms with van der Waals surface area (Å²) in [5, 5.41) is 0. The molecule has 1 aromatic heterocycles. The van der Waals surface area contributed by atoms with Gasteiger partial charge in [-0.3, -0.25) is 4.79 Å². The van der Waals surface area contributed by atoms with E-state index in [1.807, 2.05) is 23.7 Å². The largest absolute Gasteiger partial charge is 0.486 e. The first kappa shape index (κ1) is 18.7. The lowest BCUT2D eigenvalue weighted by Crippen LogP contribution is -2.16. The van der Waals surface area contributed by atoms with Gasteiger partial charge in [0.05, 0.1) is 20.9 Å². The number of nitrogens with zero attached hydrogens (tertiary/aromatic N) is 2. The van der Waals surface area contributed by atoms with Crippen LogP contribution in [-0.4, -0.2) is 37.9 Å². The number of carbonyl (C=O) groups excluding carboxylic acids is 1. The van der Waals surface area contributed by atoms with Crippen molar-refractivity contribution in [3.63, 3.8) is 0 Å². The fourth-order valence-corrected chi connectivity index (χ4v) is 4.86. The maximum Gasteiger partial charge on any atom is 0.279 e. The average molecular weight is 418 g/mol. The molecular formula is C19H18N2O5S2. The van der Waals surface area contributed by atoms with Crippen LogP contribution in [-0.2, 0) is 16.9 Å². The number of aromatic nitrogens is 1. The van der Waals surface area contributed by atoms with E-state index in [4.69, 9.17) is 9.47 Å². The Morgan fingerprint density at radius 1 is 1.18 bits per heavy atom. The summed E-state index contributed by atoms with van der Waals surface area (Å²) in [7, 11) is -1.57. The summed E-state index contributed by atoms with van der Waals surface area (Å²) in [6.45, 7) is 2.57. The van der Waals surface area contributed by atoms with Crippen LogP contribution < -0.4 is 14.3 Å². The van der Waals surface area contributed by atoms with E-state index in [2.05, 4.69) is 4.99 Å². The third kappa shape index (κ3) is 3.31. The van der Waals surface area contributed by atoms with Crippen LogP contribution in [0.1, 0.15) is 17.3 Å². The number of sulfone groups is 1. The van der Waals surface area contributed by atoms with Gasteiger partial charge >= 0.3 is 0 Å². The Hall–Kier alpha value is -2.65. The highest BCUT2D eigenvalue weighted by molar-refractivity contribution is 7.91. The van der Waals surface area contributed by atoms with E-state index in [0.717, 1.165) is 10.2 Å². The first-order valence-electron chi connectivity index (χ1n) is 8.70. The van der Waals surface area contributed by atoms with Gasteiger partial charge in [-0.15, -0.1) is 0 Å². The Morgan fingerprint density at radius 2 is 1.89 bits per heavy atom. The highest BCUT2D eigenvalue weighted by Gasteiger charge is 2.17. The lowest BCUT2D eigenvalue weighted by molar-refractivity contribution is 0.0997. The molecule has 0 radical (unpaired) electrons. The van der Waals surface area contributed by atoms with Crippen LogP contribution in [0.2, 0.25) is 0 Å². The van der Waals surface area contributed by atoms with Crippen LogP contribution in [0.25, 0.3) is 10.2 Å². The highest BCUT2D eigenvalue weighted by atomic mass is 32.2. The number of fused-ring (bicyclic) bond motifs is 2. The minimum Gasteiger partial charge on any atom is -0.486 e. The summed E-state index contributed by atoms with van der Waals surface area (Å²) in [4.78, 5) is 17.5. The average Bonchev–Trinajstić information content (AvgIpc) is 3.01. The number of aryl methyl sites for hydroxylation is 1. The second kappa shape index (κ2) is 7.06.